The van der Waals surface area contributed by atoms with Crippen molar-refractivity contribution in [1.82, 2.24) is 0 Å². The van der Waals surface area contributed by atoms with E-state index in [0.29, 0.717) is 0 Å². The van der Waals surface area contributed by atoms with E-state index in [0.717, 1.165) is 17.1 Å². The molecule has 0 saturated heterocycles. The van der Waals surface area contributed by atoms with E-state index in [1.807, 2.05) is 11.3 Å². The van der Waals surface area contributed by atoms with Gasteiger partial charge in [0.15, 0.2) is 0 Å². The largest absolute Gasteiger partial charge is 0.310 e. The number of hydrogen-bond acceptors (Lipinski definition) is 2. The summed E-state index contributed by atoms with van der Waals surface area (Å²) in [6.07, 6.45) is 0. The monoisotopic (exact) mass is 705 g/mol. The first-order valence-corrected chi connectivity index (χ1v) is 19.2. The molecule has 1 nitrogen and oxygen atoms in total. The second-order valence-corrected chi connectivity index (χ2v) is 14.8. The molecule has 0 radical (unpaired) electrons. The molecule has 0 aliphatic heterocycles. The fourth-order valence-corrected chi connectivity index (χ4v) is 8.88. The van der Waals surface area contributed by atoms with Crippen LogP contribution >= 0.6 is 11.3 Å². The van der Waals surface area contributed by atoms with E-state index < -0.39 is 0 Å². The first kappa shape index (κ1) is 32.0. The van der Waals surface area contributed by atoms with Gasteiger partial charge in [0.25, 0.3) is 0 Å². The molecule has 1 aromatic heterocycles. The van der Waals surface area contributed by atoms with Gasteiger partial charge >= 0.3 is 0 Å². The Kier molecular flexibility index (Phi) is 8.09. The first-order valence-electron chi connectivity index (χ1n) is 18.4. The number of thiophene rings is 1. The number of nitrogens with zero attached hydrogens (tertiary/aromatic N) is 1. The lowest BCUT2D eigenvalue weighted by atomic mass is 9.90. The topological polar surface area (TPSA) is 3.24 Å². The zero-order chi connectivity index (χ0) is 35.8. The Labute approximate surface area is 319 Å². The summed E-state index contributed by atoms with van der Waals surface area (Å²) in [5.74, 6) is 0. The van der Waals surface area contributed by atoms with Crippen LogP contribution in [0.4, 0.5) is 17.1 Å². The van der Waals surface area contributed by atoms with Gasteiger partial charge in [0.05, 0.1) is 5.69 Å². The molecule has 0 aliphatic carbocycles. The zero-order valence-electron chi connectivity index (χ0n) is 29.6. The van der Waals surface area contributed by atoms with Crippen LogP contribution in [0.1, 0.15) is 0 Å². The standard InChI is InChI=1S/C52H35NS/c1-3-12-36(13-4-1)37-22-28-43(29-23-37)53(50-20-11-17-40-16-7-8-18-46(40)50)44-30-24-38(25-31-44)41-26-32-45(39-14-5-2-6-15-39)48(34-41)42-27-33-52-49(35-42)47-19-9-10-21-51(47)54-52/h1-35H. The quantitative estimate of drug-likeness (QED) is 0.160. The molecule has 2 heteroatoms. The third-order valence-corrected chi connectivity index (χ3v) is 11.6. The summed E-state index contributed by atoms with van der Waals surface area (Å²) >= 11 is 1.86. The van der Waals surface area contributed by atoms with Gasteiger partial charge in [-0.15, -0.1) is 11.3 Å². The zero-order valence-corrected chi connectivity index (χ0v) is 30.4. The Bertz CT molecular complexity index is 2900. The number of anilines is 3. The minimum absolute atomic E-state index is 1.11. The van der Waals surface area contributed by atoms with Gasteiger partial charge < -0.3 is 4.90 Å². The molecule has 0 spiro atoms. The van der Waals surface area contributed by atoms with Crippen molar-refractivity contribution in [2.24, 2.45) is 0 Å². The van der Waals surface area contributed by atoms with Gasteiger partial charge in [-0.05, 0) is 104 Å². The van der Waals surface area contributed by atoms with E-state index in [4.69, 9.17) is 0 Å². The van der Waals surface area contributed by atoms with Gasteiger partial charge in [-0.3, -0.25) is 0 Å². The molecule has 10 rings (SSSR count). The molecule has 0 bridgehead atoms. The van der Waals surface area contributed by atoms with Crippen molar-refractivity contribution in [2.75, 3.05) is 4.90 Å². The molecule has 0 atom stereocenters. The molecular formula is C52H35NS. The van der Waals surface area contributed by atoms with Crippen LogP contribution in [-0.4, -0.2) is 0 Å². The highest BCUT2D eigenvalue weighted by Crippen LogP contribution is 2.43. The summed E-state index contributed by atoms with van der Waals surface area (Å²) in [6, 6.07) is 77.1. The third kappa shape index (κ3) is 5.84. The highest BCUT2D eigenvalue weighted by molar-refractivity contribution is 7.25. The summed E-state index contributed by atoms with van der Waals surface area (Å²) in [5, 5.41) is 5.06. The first-order chi connectivity index (χ1) is 26.8. The summed E-state index contributed by atoms with van der Waals surface area (Å²) in [5.41, 5.74) is 13.1. The van der Waals surface area contributed by atoms with Crippen LogP contribution in [0.15, 0.2) is 212 Å². The average molecular weight is 706 g/mol. The fourth-order valence-electron chi connectivity index (χ4n) is 7.79. The highest BCUT2D eigenvalue weighted by Gasteiger charge is 2.17. The predicted molar refractivity (Wildman–Crippen MR) is 233 cm³/mol. The van der Waals surface area contributed by atoms with Crippen LogP contribution in [0.3, 0.4) is 0 Å². The van der Waals surface area contributed by atoms with Crippen molar-refractivity contribution in [3.8, 4) is 44.5 Å². The molecule has 254 valence electrons. The highest BCUT2D eigenvalue weighted by atomic mass is 32.1. The maximum Gasteiger partial charge on any atom is 0.0540 e. The molecule has 54 heavy (non-hydrogen) atoms. The molecule has 0 fully saturated rings. The molecule has 0 amide bonds. The van der Waals surface area contributed by atoms with Gasteiger partial charge in [0.2, 0.25) is 0 Å². The van der Waals surface area contributed by atoms with Crippen LogP contribution < -0.4 is 4.90 Å². The van der Waals surface area contributed by atoms with Crippen LogP contribution in [0.25, 0.3) is 75.5 Å². The van der Waals surface area contributed by atoms with Crippen molar-refractivity contribution in [3.63, 3.8) is 0 Å². The number of fused-ring (bicyclic) bond motifs is 4. The average Bonchev–Trinajstić information content (AvgIpc) is 3.63. The van der Waals surface area contributed by atoms with Crippen molar-refractivity contribution >= 4 is 59.3 Å². The normalized spacial score (nSPS) is 11.3. The van der Waals surface area contributed by atoms with Crippen molar-refractivity contribution < 1.29 is 0 Å². The summed E-state index contributed by atoms with van der Waals surface area (Å²) in [4.78, 5) is 2.38. The van der Waals surface area contributed by atoms with Gasteiger partial charge in [-0.25, -0.2) is 0 Å². The maximum absolute atomic E-state index is 2.38. The van der Waals surface area contributed by atoms with Crippen molar-refractivity contribution in [2.45, 2.75) is 0 Å². The van der Waals surface area contributed by atoms with E-state index in [1.165, 1.54) is 75.5 Å². The molecule has 0 saturated carbocycles. The summed E-state index contributed by atoms with van der Waals surface area (Å²) in [7, 11) is 0. The Morgan fingerprint density at radius 3 is 1.57 bits per heavy atom. The van der Waals surface area contributed by atoms with Crippen LogP contribution in [-0.2, 0) is 0 Å². The van der Waals surface area contributed by atoms with Crippen LogP contribution in [0, 0.1) is 0 Å². The van der Waals surface area contributed by atoms with Gasteiger partial charge in [0, 0.05) is 36.9 Å². The Balaban J connectivity index is 1.08. The molecule has 0 N–H and O–H groups in total. The second kappa shape index (κ2) is 13.7. The molecule has 9 aromatic carbocycles. The minimum atomic E-state index is 1.11. The number of benzene rings is 9. The van der Waals surface area contributed by atoms with E-state index in [9.17, 15) is 0 Å². The SMILES string of the molecule is c1ccc(-c2ccc(N(c3ccc(-c4ccc(-c5ccccc5)c(-c5ccc6sc7ccccc7c6c5)c4)cc3)c3cccc4ccccc34)cc2)cc1. The number of hydrogen-bond donors (Lipinski definition) is 0. The molecular weight excluding hydrogens is 671 g/mol. The lowest BCUT2D eigenvalue weighted by Gasteiger charge is -2.27. The minimum Gasteiger partial charge on any atom is -0.310 e. The second-order valence-electron chi connectivity index (χ2n) is 13.7. The van der Waals surface area contributed by atoms with E-state index >= 15 is 0 Å². The Morgan fingerprint density at radius 1 is 0.296 bits per heavy atom. The summed E-state index contributed by atoms with van der Waals surface area (Å²) < 4.78 is 2.64. The molecule has 10 aromatic rings. The van der Waals surface area contributed by atoms with E-state index in [2.05, 4.69) is 217 Å². The van der Waals surface area contributed by atoms with Crippen molar-refractivity contribution in [1.29, 1.82) is 0 Å². The van der Waals surface area contributed by atoms with Gasteiger partial charge in [-0.1, -0.05) is 158 Å². The van der Waals surface area contributed by atoms with E-state index in [1.54, 1.807) is 0 Å². The smallest absolute Gasteiger partial charge is 0.0540 e. The van der Waals surface area contributed by atoms with Crippen LogP contribution in [0.2, 0.25) is 0 Å². The lowest BCUT2D eigenvalue weighted by Crippen LogP contribution is -2.10. The predicted octanol–water partition coefficient (Wildman–Crippen LogP) is 15.3. The third-order valence-electron chi connectivity index (χ3n) is 10.5. The van der Waals surface area contributed by atoms with E-state index in [-0.39, 0.29) is 0 Å². The van der Waals surface area contributed by atoms with Gasteiger partial charge in [-0.2, -0.15) is 0 Å². The molecule has 0 aliphatic rings. The van der Waals surface area contributed by atoms with Crippen LogP contribution in [0.5, 0.6) is 0 Å². The van der Waals surface area contributed by atoms with Gasteiger partial charge in [0.1, 0.15) is 0 Å². The molecule has 0 unspecified atom stereocenters. The Hall–Kier alpha value is -6.74. The summed E-state index contributed by atoms with van der Waals surface area (Å²) in [6.45, 7) is 0. The lowest BCUT2D eigenvalue weighted by molar-refractivity contribution is 1.30. The maximum atomic E-state index is 2.38. The fraction of sp³-hybridized carbons (Fsp3) is 0. The number of rotatable bonds is 7. The van der Waals surface area contributed by atoms with Crippen molar-refractivity contribution in [3.05, 3.63) is 212 Å². The Morgan fingerprint density at radius 2 is 0.833 bits per heavy atom. The molecule has 1 heterocycles.